The van der Waals surface area contributed by atoms with Crippen LogP contribution in [-0.4, -0.2) is 42.3 Å². The van der Waals surface area contributed by atoms with E-state index in [-0.39, 0.29) is 0 Å². The first-order valence-electron chi connectivity index (χ1n) is 9.83. The average Bonchev–Trinajstić information content (AvgIpc) is 2.97. The van der Waals surface area contributed by atoms with Gasteiger partial charge in [0.25, 0.3) is 0 Å². The van der Waals surface area contributed by atoms with Gasteiger partial charge < -0.3 is 9.30 Å². The molecule has 1 aromatic heterocycles. The quantitative estimate of drug-likeness (QED) is 0.605. The normalized spacial score (nSPS) is 15.5. The maximum absolute atomic E-state index is 5.47. The summed E-state index contributed by atoms with van der Waals surface area (Å²) in [6.45, 7) is 7.19. The molecule has 0 atom stereocenters. The van der Waals surface area contributed by atoms with Crippen molar-refractivity contribution >= 4 is 22.7 Å². The van der Waals surface area contributed by atoms with E-state index >= 15 is 0 Å². The van der Waals surface area contributed by atoms with Gasteiger partial charge in [0.05, 0.1) is 18.2 Å². The maximum Gasteiger partial charge on any atom is 0.0837 e. The number of rotatable bonds is 6. The Morgan fingerprint density at radius 2 is 1.74 bits per heavy atom. The number of aromatic nitrogens is 1. The Morgan fingerprint density at radius 3 is 2.52 bits per heavy atom. The maximum atomic E-state index is 5.47. The molecule has 0 amide bonds. The SMILES string of the molecule is Cc1ccc(Sc2c(CCCN3CCOCC3)c3ccccc3n2C)cc1. The highest BCUT2D eigenvalue weighted by molar-refractivity contribution is 7.99. The lowest BCUT2D eigenvalue weighted by atomic mass is 10.1. The van der Waals surface area contributed by atoms with Gasteiger partial charge in [0, 0.05) is 35.9 Å². The molecule has 0 N–H and O–H groups in total. The first-order valence-corrected chi connectivity index (χ1v) is 10.6. The third-order valence-electron chi connectivity index (χ3n) is 5.39. The van der Waals surface area contributed by atoms with E-state index in [0.29, 0.717) is 0 Å². The fraction of sp³-hybridized carbons (Fsp3) is 0.391. The van der Waals surface area contributed by atoms with Gasteiger partial charge in [0.15, 0.2) is 0 Å². The van der Waals surface area contributed by atoms with E-state index in [1.165, 1.54) is 38.4 Å². The molecule has 0 aliphatic carbocycles. The summed E-state index contributed by atoms with van der Waals surface area (Å²) in [5, 5.41) is 2.78. The van der Waals surface area contributed by atoms with Crippen molar-refractivity contribution in [3.8, 4) is 0 Å². The Labute approximate surface area is 166 Å². The second kappa shape index (κ2) is 8.51. The van der Waals surface area contributed by atoms with Gasteiger partial charge in [-0.3, -0.25) is 4.90 Å². The fourth-order valence-electron chi connectivity index (χ4n) is 3.84. The van der Waals surface area contributed by atoms with Crippen molar-refractivity contribution < 1.29 is 4.74 Å². The zero-order valence-corrected chi connectivity index (χ0v) is 17.1. The molecule has 0 saturated carbocycles. The fourth-order valence-corrected chi connectivity index (χ4v) is 4.91. The molecule has 1 fully saturated rings. The number of benzene rings is 2. The first-order chi connectivity index (χ1) is 13.2. The van der Waals surface area contributed by atoms with Crippen LogP contribution in [0.15, 0.2) is 58.5 Å². The van der Waals surface area contributed by atoms with Crippen molar-refractivity contribution in [3.05, 3.63) is 59.7 Å². The molecule has 142 valence electrons. The summed E-state index contributed by atoms with van der Waals surface area (Å²) in [6, 6.07) is 17.7. The summed E-state index contributed by atoms with van der Waals surface area (Å²) in [6.07, 6.45) is 2.31. The van der Waals surface area contributed by atoms with Crippen molar-refractivity contribution in [2.75, 3.05) is 32.8 Å². The number of ether oxygens (including phenoxy) is 1. The standard InChI is InChI=1S/C23H28N2OS/c1-18-9-11-19(12-10-18)27-23-21(7-5-13-25-14-16-26-17-15-25)20-6-3-4-8-22(20)24(23)2/h3-4,6,8-12H,5,7,13-17H2,1-2H3. The number of hydrogen-bond donors (Lipinski definition) is 0. The van der Waals surface area contributed by atoms with Crippen LogP contribution in [0.3, 0.4) is 0 Å². The van der Waals surface area contributed by atoms with Gasteiger partial charge in [-0.2, -0.15) is 0 Å². The van der Waals surface area contributed by atoms with E-state index in [1.54, 1.807) is 0 Å². The Morgan fingerprint density at radius 1 is 1.00 bits per heavy atom. The highest BCUT2D eigenvalue weighted by Crippen LogP contribution is 2.37. The smallest absolute Gasteiger partial charge is 0.0837 e. The van der Waals surface area contributed by atoms with E-state index in [2.05, 4.69) is 72.0 Å². The number of fused-ring (bicyclic) bond motifs is 1. The van der Waals surface area contributed by atoms with Crippen molar-refractivity contribution in [1.82, 2.24) is 9.47 Å². The van der Waals surface area contributed by atoms with Gasteiger partial charge in [-0.1, -0.05) is 47.7 Å². The van der Waals surface area contributed by atoms with Crippen LogP contribution in [0, 0.1) is 6.92 Å². The number of para-hydroxylation sites is 1. The largest absolute Gasteiger partial charge is 0.379 e. The number of hydrogen-bond acceptors (Lipinski definition) is 3. The molecule has 1 saturated heterocycles. The van der Waals surface area contributed by atoms with Crippen molar-refractivity contribution in [1.29, 1.82) is 0 Å². The topological polar surface area (TPSA) is 17.4 Å². The lowest BCUT2D eigenvalue weighted by Gasteiger charge is -2.26. The predicted octanol–water partition coefficient (Wildman–Crippen LogP) is 4.90. The van der Waals surface area contributed by atoms with E-state index in [1.807, 2.05) is 11.8 Å². The van der Waals surface area contributed by atoms with E-state index < -0.39 is 0 Å². The summed E-state index contributed by atoms with van der Waals surface area (Å²) in [7, 11) is 2.20. The molecular formula is C23H28N2OS. The minimum absolute atomic E-state index is 0.878. The molecule has 1 aliphatic rings. The predicted molar refractivity (Wildman–Crippen MR) is 114 cm³/mol. The van der Waals surface area contributed by atoms with Gasteiger partial charge in [0.2, 0.25) is 0 Å². The minimum atomic E-state index is 0.878. The second-order valence-electron chi connectivity index (χ2n) is 7.33. The van der Waals surface area contributed by atoms with Crippen LogP contribution >= 0.6 is 11.8 Å². The molecule has 27 heavy (non-hydrogen) atoms. The van der Waals surface area contributed by atoms with E-state index in [9.17, 15) is 0 Å². The summed E-state index contributed by atoms with van der Waals surface area (Å²) in [5.74, 6) is 0. The van der Waals surface area contributed by atoms with Crippen LogP contribution in [0.25, 0.3) is 10.9 Å². The molecule has 0 bridgehead atoms. The third kappa shape index (κ3) is 4.23. The molecule has 0 radical (unpaired) electrons. The van der Waals surface area contributed by atoms with Crippen LogP contribution in [-0.2, 0) is 18.2 Å². The first kappa shape index (κ1) is 18.6. The molecule has 4 rings (SSSR count). The molecule has 2 heterocycles. The highest BCUT2D eigenvalue weighted by Gasteiger charge is 2.17. The molecule has 3 aromatic rings. The molecule has 0 unspecified atom stereocenters. The molecular weight excluding hydrogens is 352 g/mol. The van der Waals surface area contributed by atoms with Crippen molar-refractivity contribution in [2.24, 2.45) is 7.05 Å². The third-order valence-corrected chi connectivity index (χ3v) is 6.62. The lowest BCUT2D eigenvalue weighted by molar-refractivity contribution is 0.0374. The van der Waals surface area contributed by atoms with Crippen molar-refractivity contribution in [2.45, 2.75) is 29.7 Å². The van der Waals surface area contributed by atoms with E-state index in [0.717, 1.165) is 39.3 Å². The Hall–Kier alpha value is -1.75. The van der Waals surface area contributed by atoms with Gasteiger partial charge in [-0.15, -0.1) is 0 Å². The van der Waals surface area contributed by atoms with Crippen LogP contribution in [0.1, 0.15) is 17.5 Å². The number of nitrogens with zero attached hydrogens (tertiary/aromatic N) is 2. The molecule has 4 heteroatoms. The van der Waals surface area contributed by atoms with Crippen molar-refractivity contribution in [3.63, 3.8) is 0 Å². The Kier molecular flexibility index (Phi) is 5.86. The van der Waals surface area contributed by atoms with Crippen LogP contribution in [0.4, 0.5) is 0 Å². The summed E-state index contributed by atoms with van der Waals surface area (Å²) in [5.41, 5.74) is 4.13. The highest BCUT2D eigenvalue weighted by atomic mass is 32.2. The zero-order chi connectivity index (χ0) is 18.6. The summed E-state index contributed by atoms with van der Waals surface area (Å²) >= 11 is 1.89. The monoisotopic (exact) mass is 380 g/mol. The van der Waals surface area contributed by atoms with Gasteiger partial charge in [-0.25, -0.2) is 0 Å². The van der Waals surface area contributed by atoms with Crippen LogP contribution in [0.5, 0.6) is 0 Å². The summed E-state index contributed by atoms with van der Waals surface area (Å²) < 4.78 is 7.84. The summed E-state index contributed by atoms with van der Waals surface area (Å²) in [4.78, 5) is 3.84. The zero-order valence-electron chi connectivity index (χ0n) is 16.3. The number of aryl methyl sites for hydroxylation is 3. The second-order valence-corrected chi connectivity index (χ2v) is 8.39. The van der Waals surface area contributed by atoms with Gasteiger partial charge in [-0.05, 0) is 50.1 Å². The van der Waals surface area contributed by atoms with E-state index in [4.69, 9.17) is 4.74 Å². The van der Waals surface area contributed by atoms with Crippen LogP contribution in [0.2, 0.25) is 0 Å². The lowest BCUT2D eigenvalue weighted by Crippen LogP contribution is -2.36. The Bertz CT molecular complexity index is 895. The molecule has 0 spiro atoms. The number of morpholine rings is 1. The minimum Gasteiger partial charge on any atom is -0.379 e. The molecule has 3 nitrogen and oxygen atoms in total. The van der Waals surface area contributed by atoms with Crippen LogP contribution < -0.4 is 0 Å². The Balaban J connectivity index is 1.58. The molecule has 2 aromatic carbocycles. The van der Waals surface area contributed by atoms with Gasteiger partial charge >= 0.3 is 0 Å². The molecule has 1 aliphatic heterocycles. The average molecular weight is 381 g/mol. The van der Waals surface area contributed by atoms with Gasteiger partial charge in [0.1, 0.15) is 0 Å².